The van der Waals surface area contributed by atoms with E-state index in [0.29, 0.717) is 24.4 Å². The Morgan fingerprint density at radius 3 is 2.84 bits per heavy atom. The molecule has 3 rings (SSSR count). The van der Waals surface area contributed by atoms with Gasteiger partial charge in [-0.3, -0.25) is 4.79 Å². The maximum absolute atomic E-state index is 12.7. The van der Waals surface area contributed by atoms with E-state index in [1.165, 1.54) is 6.08 Å². The number of carbonyl (C=O) groups is 2. The number of fused-ring (bicyclic) bond motifs is 1. The monoisotopic (exact) mass is 336 g/mol. The largest absolute Gasteiger partial charge is 0.463 e. The van der Waals surface area contributed by atoms with Gasteiger partial charge in [0, 0.05) is 29.6 Å². The summed E-state index contributed by atoms with van der Waals surface area (Å²) in [5.74, 6) is -0.415. The average molecular weight is 336 g/mol. The SMILES string of the molecule is CCOC(=O)/C=C/c1ccc2c(c1)CCN2C(=O)c1cccc(N)c1. The second-order valence-corrected chi connectivity index (χ2v) is 5.81. The van der Waals surface area contributed by atoms with Crippen molar-refractivity contribution >= 4 is 29.3 Å². The number of anilines is 2. The van der Waals surface area contributed by atoms with Crippen molar-refractivity contribution in [2.75, 3.05) is 23.8 Å². The smallest absolute Gasteiger partial charge is 0.330 e. The van der Waals surface area contributed by atoms with E-state index in [1.807, 2.05) is 18.2 Å². The molecular weight excluding hydrogens is 316 g/mol. The zero-order chi connectivity index (χ0) is 17.8. The van der Waals surface area contributed by atoms with Crippen LogP contribution in [0.25, 0.3) is 6.08 Å². The molecule has 128 valence electrons. The molecule has 0 fully saturated rings. The fourth-order valence-corrected chi connectivity index (χ4v) is 2.92. The highest BCUT2D eigenvalue weighted by Crippen LogP contribution is 2.30. The summed E-state index contributed by atoms with van der Waals surface area (Å²) in [6.07, 6.45) is 3.92. The summed E-state index contributed by atoms with van der Waals surface area (Å²) in [4.78, 5) is 25.9. The molecule has 0 saturated heterocycles. The first-order valence-electron chi connectivity index (χ1n) is 8.23. The molecular formula is C20H20N2O3. The first-order valence-corrected chi connectivity index (χ1v) is 8.23. The normalized spacial score (nSPS) is 13.1. The number of benzene rings is 2. The van der Waals surface area contributed by atoms with Crippen LogP contribution in [0.15, 0.2) is 48.5 Å². The van der Waals surface area contributed by atoms with Crippen molar-refractivity contribution in [1.82, 2.24) is 0 Å². The number of nitrogens with zero attached hydrogens (tertiary/aromatic N) is 1. The zero-order valence-corrected chi connectivity index (χ0v) is 14.1. The standard InChI is InChI=1S/C20H20N2O3/c1-2-25-19(23)9-7-14-6-8-18-15(12-14)10-11-22(18)20(24)16-4-3-5-17(21)13-16/h3-9,12-13H,2,10-11,21H2,1H3/b9-7+. The number of amides is 1. The summed E-state index contributed by atoms with van der Waals surface area (Å²) in [6, 6.07) is 12.8. The summed E-state index contributed by atoms with van der Waals surface area (Å²) < 4.78 is 4.87. The Bertz CT molecular complexity index is 843. The molecule has 0 saturated carbocycles. The summed E-state index contributed by atoms with van der Waals surface area (Å²) >= 11 is 0. The summed E-state index contributed by atoms with van der Waals surface area (Å²) in [7, 11) is 0. The molecule has 0 radical (unpaired) electrons. The van der Waals surface area contributed by atoms with Gasteiger partial charge in [0.05, 0.1) is 6.61 Å². The van der Waals surface area contributed by atoms with E-state index in [2.05, 4.69) is 0 Å². The Kier molecular flexibility index (Phi) is 4.84. The number of nitrogens with two attached hydrogens (primary N) is 1. The molecule has 2 aromatic rings. The molecule has 2 N–H and O–H groups in total. The summed E-state index contributed by atoms with van der Waals surface area (Å²) in [6.45, 7) is 2.76. The minimum absolute atomic E-state index is 0.0548. The number of hydrogen-bond donors (Lipinski definition) is 1. The third-order valence-electron chi connectivity index (χ3n) is 4.08. The van der Waals surface area contributed by atoms with Crippen LogP contribution in [0.5, 0.6) is 0 Å². The molecule has 1 heterocycles. The van der Waals surface area contributed by atoms with Crippen molar-refractivity contribution in [3.63, 3.8) is 0 Å². The van der Waals surface area contributed by atoms with E-state index in [4.69, 9.17) is 10.5 Å². The Morgan fingerprint density at radius 2 is 2.08 bits per heavy atom. The van der Waals surface area contributed by atoms with Crippen LogP contribution < -0.4 is 10.6 Å². The number of hydrogen-bond acceptors (Lipinski definition) is 4. The van der Waals surface area contributed by atoms with Crippen LogP contribution in [0.3, 0.4) is 0 Å². The van der Waals surface area contributed by atoms with Crippen LogP contribution in [0.4, 0.5) is 11.4 Å². The molecule has 5 nitrogen and oxygen atoms in total. The molecule has 1 aliphatic rings. The number of carbonyl (C=O) groups excluding carboxylic acids is 2. The van der Waals surface area contributed by atoms with Gasteiger partial charge in [-0.2, -0.15) is 0 Å². The topological polar surface area (TPSA) is 72.6 Å². The van der Waals surface area contributed by atoms with Crippen LogP contribution in [0.1, 0.15) is 28.4 Å². The lowest BCUT2D eigenvalue weighted by Crippen LogP contribution is -2.28. The van der Waals surface area contributed by atoms with Gasteiger partial charge >= 0.3 is 5.97 Å². The lowest BCUT2D eigenvalue weighted by atomic mass is 10.1. The number of nitrogen functional groups attached to an aromatic ring is 1. The summed E-state index contributed by atoms with van der Waals surface area (Å²) in [5, 5.41) is 0. The Morgan fingerprint density at radius 1 is 1.24 bits per heavy atom. The third kappa shape index (κ3) is 3.71. The zero-order valence-electron chi connectivity index (χ0n) is 14.1. The van der Waals surface area contributed by atoms with Gasteiger partial charge in [-0.1, -0.05) is 12.1 Å². The van der Waals surface area contributed by atoms with Crippen molar-refractivity contribution in [3.05, 3.63) is 65.2 Å². The number of rotatable bonds is 4. The molecule has 1 amide bonds. The highest BCUT2D eigenvalue weighted by Gasteiger charge is 2.25. The Labute approximate surface area is 146 Å². The predicted octanol–water partition coefficient (Wildman–Crippen LogP) is 3.05. The van der Waals surface area contributed by atoms with E-state index in [1.54, 1.807) is 42.2 Å². The van der Waals surface area contributed by atoms with Gasteiger partial charge in [0.2, 0.25) is 0 Å². The molecule has 5 heteroatoms. The molecule has 0 aromatic heterocycles. The van der Waals surface area contributed by atoms with Gasteiger partial charge < -0.3 is 15.4 Å². The highest BCUT2D eigenvalue weighted by molar-refractivity contribution is 6.07. The van der Waals surface area contributed by atoms with E-state index < -0.39 is 0 Å². The van der Waals surface area contributed by atoms with Gasteiger partial charge in [-0.05, 0) is 60.9 Å². The van der Waals surface area contributed by atoms with Crippen LogP contribution in [0.2, 0.25) is 0 Å². The minimum atomic E-state index is -0.360. The minimum Gasteiger partial charge on any atom is -0.463 e. The van der Waals surface area contributed by atoms with Gasteiger partial charge in [0.1, 0.15) is 0 Å². The second kappa shape index (κ2) is 7.21. The molecule has 25 heavy (non-hydrogen) atoms. The fourth-order valence-electron chi connectivity index (χ4n) is 2.92. The van der Waals surface area contributed by atoms with E-state index in [-0.39, 0.29) is 11.9 Å². The van der Waals surface area contributed by atoms with E-state index in [0.717, 1.165) is 23.2 Å². The maximum atomic E-state index is 12.7. The number of ether oxygens (including phenoxy) is 1. The highest BCUT2D eigenvalue weighted by atomic mass is 16.5. The molecule has 2 aromatic carbocycles. The molecule has 1 aliphatic heterocycles. The van der Waals surface area contributed by atoms with Crippen molar-refractivity contribution in [2.45, 2.75) is 13.3 Å². The second-order valence-electron chi connectivity index (χ2n) is 5.81. The van der Waals surface area contributed by atoms with Crippen molar-refractivity contribution in [2.24, 2.45) is 0 Å². The fraction of sp³-hybridized carbons (Fsp3) is 0.200. The molecule has 0 aliphatic carbocycles. The van der Waals surface area contributed by atoms with Gasteiger partial charge in [0.15, 0.2) is 0 Å². The van der Waals surface area contributed by atoms with Crippen LogP contribution in [-0.4, -0.2) is 25.0 Å². The predicted molar refractivity (Wildman–Crippen MR) is 98.3 cm³/mol. The Balaban J connectivity index is 1.79. The first kappa shape index (κ1) is 16.8. The molecule has 0 atom stereocenters. The molecule has 0 unspecified atom stereocenters. The molecule has 0 spiro atoms. The van der Waals surface area contributed by atoms with Crippen molar-refractivity contribution in [3.8, 4) is 0 Å². The third-order valence-corrected chi connectivity index (χ3v) is 4.08. The van der Waals surface area contributed by atoms with E-state index >= 15 is 0 Å². The van der Waals surface area contributed by atoms with Crippen LogP contribution in [-0.2, 0) is 16.0 Å². The van der Waals surface area contributed by atoms with Gasteiger partial charge in [-0.25, -0.2) is 4.79 Å². The lowest BCUT2D eigenvalue weighted by Gasteiger charge is -2.17. The van der Waals surface area contributed by atoms with Crippen molar-refractivity contribution in [1.29, 1.82) is 0 Å². The Hall–Kier alpha value is -3.08. The summed E-state index contributed by atoms with van der Waals surface area (Å²) in [5.41, 5.74) is 9.83. The average Bonchev–Trinajstić information content (AvgIpc) is 3.03. The van der Waals surface area contributed by atoms with Crippen LogP contribution in [0, 0.1) is 0 Å². The van der Waals surface area contributed by atoms with Gasteiger partial charge in [0.25, 0.3) is 5.91 Å². The lowest BCUT2D eigenvalue weighted by molar-refractivity contribution is -0.137. The van der Waals surface area contributed by atoms with Gasteiger partial charge in [-0.15, -0.1) is 0 Å². The molecule has 0 bridgehead atoms. The first-order chi connectivity index (χ1) is 12.1. The van der Waals surface area contributed by atoms with Crippen molar-refractivity contribution < 1.29 is 14.3 Å². The van der Waals surface area contributed by atoms with E-state index in [9.17, 15) is 9.59 Å². The number of esters is 1. The maximum Gasteiger partial charge on any atom is 0.330 e. The quantitative estimate of drug-likeness (QED) is 0.529. The van der Waals surface area contributed by atoms with Crippen LogP contribution >= 0.6 is 0 Å².